The van der Waals surface area contributed by atoms with Crippen molar-refractivity contribution in [2.45, 2.75) is 31.3 Å². The van der Waals surface area contributed by atoms with E-state index in [1.165, 1.54) is 6.42 Å². The lowest BCUT2D eigenvalue weighted by atomic mass is 9.93. The molecule has 17 heavy (non-hydrogen) atoms. The molecule has 0 bridgehead atoms. The van der Waals surface area contributed by atoms with Crippen molar-refractivity contribution in [3.8, 4) is 0 Å². The predicted octanol–water partition coefficient (Wildman–Crippen LogP) is 0.701. The zero-order chi connectivity index (χ0) is 11.7. The van der Waals surface area contributed by atoms with Crippen molar-refractivity contribution < 1.29 is 4.79 Å². The third-order valence-electron chi connectivity index (χ3n) is 3.46. The predicted molar refractivity (Wildman–Crippen MR) is 63.9 cm³/mol. The van der Waals surface area contributed by atoms with Gasteiger partial charge in [-0.25, -0.2) is 9.48 Å². The Morgan fingerprint density at radius 3 is 2.88 bits per heavy atom. The van der Waals surface area contributed by atoms with Crippen LogP contribution < -0.4 is 16.0 Å². The summed E-state index contributed by atoms with van der Waals surface area (Å²) in [4.78, 5) is 11.7. The number of hydrogen-bond donors (Lipinski definition) is 3. The Kier molecular flexibility index (Phi) is 2.72. The van der Waals surface area contributed by atoms with Crippen molar-refractivity contribution in [2.24, 2.45) is 0 Å². The fraction of sp³-hybridized carbons (Fsp3) is 0.636. The Balaban J connectivity index is 1.59. The molecule has 1 aromatic heterocycles. The van der Waals surface area contributed by atoms with E-state index in [-0.39, 0.29) is 6.03 Å². The van der Waals surface area contributed by atoms with E-state index < -0.39 is 0 Å². The van der Waals surface area contributed by atoms with Gasteiger partial charge < -0.3 is 10.6 Å². The Morgan fingerprint density at radius 2 is 2.29 bits per heavy atom. The first kappa shape index (κ1) is 10.6. The lowest BCUT2D eigenvalue weighted by Crippen LogP contribution is -2.45. The molecule has 3 rings (SSSR count). The first-order valence-electron chi connectivity index (χ1n) is 6.14. The summed E-state index contributed by atoms with van der Waals surface area (Å²) in [7, 11) is 0. The van der Waals surface area contributed by atoms with Crippen molar-refractivity contribution in [3.05, 3.63) is 12.3 Å². The van der Waals surface area contributed by atoms with E-state index in [2.05, 4.69) is 21.0 Å². The van der Waals surface area contributed by atoms with Crippen LogP contribution in [0.25, 0.3) is 0 Å². The van der Waals surface area contributed by atoms with Crippen LogP contribution in [-0.4, -0.2) is 34.9 Å². The molecule has 1 aromatic rings. The first-order valence-corrected chi connectivity index (χ1v) is 6.14. The number of aromatic nitrogens is 2. The topological polar surface area (TPSA) is 71.0 Å². The molecular weight excluding hydrogens is 218 g/mol. The summed E-state index contributed by atoms with van der Waals surface area (Å²) < 4.78 is 1.87. The van der Waals surface area contributed by atoms with Gasteiger partial charge in [-0.15, -0.1) is 0 Å². The van der Waals surface area contributed by atoms with Gasteiger partial charge in [0.25, 0.3) is 0 Å². The van der Waals surface area contributed by atoms with E-state index in [9.17, 15) is 4.79 Å². The molecule has 2 amide bonds. The molecule has 1 saturated heterocycles. The summed E-state index contributed by atoms with van der Waals surface area (Å²) in [5.41, 5.74) is 0. The SMILES string of the molecule is O=C(Nc1ccnn1C1CNC1)NC1CCC1. The maximum absolute atomic E-state index is 11.7. The van der Waals surface area contributed by atoms with Gasteiger partial charge >= 0.3 is 6.03 Å². The zero-order valence-electron chi connectivity index (χ0n) is 9.65. The fourth-order valence-corrected chi connectivity index (χ4v) is 2.04. The number of carbonyl (C=O) groups excluding carboxylic acids is 1. The summed E-state index contributed by atoms with van der Waals surface area (Å²) in [5, 5.41) is 13.2. The highest BCUT2D eigenvalue weighted by Gasteiger charge is 2.23. The molecule has 6 heteroatoms. The molecule has 1 saturated carbocycles. The minimum absolute atomic E-state index is 0.122. The van der Waals surface area contributed by atoms with Gasteiger partial charge in [-0.2, -0.15) is 5.10 Å². The van der Waals surface area contributed by atoms with Gasteiger partial charge in [0.2, 0.25) is 0 Å². The van der Waals surface area contributed by atoms with Crippen molar-refractivity contribution in [1.29, 1.82) is 0 Å². The standard InChI is InChI=1S/C11H17N5O/c17-11(14-8-2-1-3-8)15-10-4-5-13-16(10)9-6-12-7-9/h4-5,8-9,12H,1-3,6-7H2,(H2,14,15,17). The van der Waals surface area contributed by atoms with Gasteiger partial charge in [-0.05, 0) is 19.3 Å². The van der Waals surface area contributed by atoms with Crippen LogP contribution in [0, 0.1) is 0 Å². The average Bonchev–Trinajstić information content (AvgIpc) is 2.58. The molecule has 6 nitrogen and oxygen atoms in total. The number of carbonyl (C=O) groups is 1. The van der Waals surface area contributed by atoms with Gasteiger partial charge in [-0.3, -0.25) is 5.32 Å². The first-order chi connectivity index (χ1) is 8.33. The molecule has 2 aliphatic rings. The monoisotopic (exact) mass is 235 g/mol. The molecule has 0 atom stereocenters. The summed E-state index contributed by atoms with van der Waals surface area (Å²) in [6.45, 7) is 1.83. The third kappa shape index (κ3) is 2.12. The minimum Gasteiger partial charge on any atom is -0.335 e. The zero-order valence-corrected chi connectivity index (χ0v) is 9.65. The number of urea groups is 1. The highest BCUT2D eigenvalue weighted by atomic mass is 16.2. The Morgan fingerprint density at radius 1 is 1.47 bits per heavy atom. The van der Waals surface area contributed by atoms with Crippen molar-refractivity contribution in [3.63, 3.8) is 0 Å². The van der Waals surface area contributed by atoms with E-state index in [0.717, 1.165) is 31.7 Å². The van der Waals surface area contributed by atoms with Gasteiger partial charge in [0.15, 0.2) is 0 Å². The van der Waals surface area contributed by atoms with E-state index in [1.807, 2.05) is 10.7 Å². The lowest BCUT2D eigenvalue weighted by molar-refractivity contribution is 0.239. The van der Waals surface area contributed by atoms with E-state index in [1.54, 1.807) is 6.20 Å². The maximum atomic E-state index is 11.7. The summed E-state index contributed by atoms with van der Waals surface area (Å²) in [6, 6.07) is 2.43. The van der Waals surface area contributed by atoms with E-state index in [0.29, 0.717) is 12.1 Å². The Labute approximate surface area is 99.8 Å². The van der Waals surface area contributed by atoms with E-state index in [4.69, 9.17) is 0 Å². The van der Waals surface area contributed by atoms with Crippen LogP contribution in [0.2, 0.25) is 0 Å². The highest BCUT2D eigenvalue weighted by molar-refractivity contribution is 5.88. The van der Waals surface area contributed by atoms with Gasteiger partial charge in [0.1, 0.15) is 5.82 Å². The van der Waals surface area contributed by atoms with Crippen LogP contribution in [0.15, 0.2) is 12.3 Å². The van der Waals surface area contributed by atoms with Gasteiger partial charge in [0.05, 0.1) is 12.2 Å². The quantitative estimate of drug-likeness (QED) is 0.722. The number of nitrogens with one attached hydrogen (secondary N) is 3. The second kappa shape index (κ2) is 4.37. The smallest absolute Gasteiger partial charge is 0.320 e. The summed E-state index contributed by atoms with van der Waals surface area (Å²) >= 11 is 0. The van der Waals surface area contributed by atoms with Crippen molar-refractivity contribution >= 4 is 11.8 Å². The second-order valence-corrected chi connectivity index (χ2v) is 4.70. The van der Waals surface area contributed by atoms with Gasteiger partial charge in [0, 0.05) is 25.2 Å². The molecule has 0 spiro atoms. The molecular formula is C11H17N5O. The molecule has 0 aromatic carbocycles. The lowest BCUT2D eigenvalue weighted by Gasteiger charge is -2.29. The molecule has 0 radical (unpaired) electrons. The largest absolute Gasteiger partial charge is 0.335 e. The molecule has 2 heterocycles. The Bertz CT molecular complexity index is 408. The van der Waals surface area contributed by atoms with Crippen LogP contribution in [-0.2, 0) is 0 Å². The van der Waals surface area contributed by atoms with Crippen LogP contribution in [0.1, 0.15) is 25.3 Å². The van der Waals surface area contributed by atoms with Crippen LogP contribution >= 0.6 is 0 Å². The third-order valence-corrected chi connectivity index (χ3v) is 3.46. The Hall–Kier alpha value is -1.56. The summed E-state index contributed by atoms with van der Waals surface area (Å²) in [5.74, 6) is 0.772. The van der Waals surface area contributed by atoms with E-state index >= 15 is 0 Å². The van der Waals surface area contributed by atoms with Crippen LogP contribution in [0.4, 0.5) is 10.6 Å². The van der Waals surface area contributed by atoms with Crippen molar-refractivity contribution in [2.75, 3.05) is 18.4 Å². The molecule has 1 aliphatic heterocycles. The number of nitrogens with zero attached hydrogens (tertiary/aromatic N) is 2. The number of anilines is 1. The molecule has 0 unspecified atom stereocenters. The van der Waals surface area contributed by atoms with Crippen molar-refractivity contribution in [1.82, 2.24) is 20.4 Å². The molecule has 92 valence electrons. The fourth-order valence-electron chi connectivity index (χ4n) is 2.04. The number of amides is 2. The molecule has 2 fully saturated rings. The number of hydrogen-bond acceptors (Lipinski definition) is 3. The van der Waals surface area contributed by atoms with Crippen LogP contribution in [0.3, 0.4) is 0 Å². The highest BCUT2D eigenvalue weighted by Crippen LogP contribution is 2.19. The number of rotatable bonds is 3. The average molecular weight is 235 g/mol. The van der Waals surface area contributed by atoms with Crippen LogP contribution in [0.5, 0.6) is 0 Å². The molecule has 1 aliphatic carbocycles. The minimum atomic E-state index is -0.122. The molecule has 3 N–H and O–H groups in total. The van der Waals surface area contributed by atoms with Gasteiger partial charge in [-0.1, -0.05) is 0 Å². The maximum Gasteiger partial charge on any atom is 0.320 e. The normalized spacial score (nSPS) is 20.5. The second-order valence-electron chi connectivity index (χ2n) is 4.70. The summed E-state index contributed by atoms with van der Waals surface area (Å²) in [6.07, 6.45) is 5.13.